The Kier molecular flexibility index (Phi) is 2.55. The van der Waals surface area contributed by atoms with Gasteiger partial charge in [0.2, 0.25) is 5.88 Å². The van der Waals surface area contributed by atoms with Crippen molar-refractivity contribution in [2.75, 3.05) is 0 Å². The molecule has 0 saturated carbocycles. The maximum absolute atomic E-state index is 5.21. The molecule has 1 heterocycles. The number of benzene rings is 1. The summed E-state index contributed by atoms with van der Waals surface area (Å²) in [4.78, 5) is 4.23. The smallest absolute Gasteiger partial charge is 0.237 e. The van der Waals surface area contributed by atoms with Crippen LogP contribution in [0, 0.1) is 3.57 Å². The van der Waals surface area contributed by atoms with Gasteiger partial charge in [-0.05, 0) is 34.7 Å². The van der Waals surface area contributed by atoms with Crippen molar-refractivity contribution in [3.05, 3.63) is 33.9 Å². The lowest BCUT2D eigenvalue weighted by atomic mass is 10.2. The standard InChI is InChI=1S/C9H5ClINO/c10-13-8-5-4-6-2-1-3-7(11)9(6)12-8/h1-5H. The summed E-state index contributed by atoms with van der Waals surface area (Å²) in [6.45, 7) is 0. The summed E-state index contributed by atoms with van der Waals surface area (Å²) in [5.74, 6) is 0.429. The highest BCUT2D eigenvalue weighted by Crippen LogP contribution is 2.21. The van der Waals surface area contributed by atoms with Gasteiger partial charge in [0.1, 0.15) is 11.9 Å². The molecule has 66 valence electrons. The van der Waals surface area contributed by atoms with Crippen molar-refractivity contribution < 1.29 is 4.29 Å². The predicted molar refractivity (Wildman–Crippen MR) is 60.9 cm³/mol. The summed E-state index contributed by atoms with van der Waals surface area (Å²) in [5, 5.41) is 1.09. The van der Waals surface area contributed by atoms with Gasteiger partial charge in [-0.1, -0.05) is 12.1 Å². The highest BCUT2D eigenvalue weighted by molar-refractivity contribution is 14.1. The summed E-state index contributed by atoms with van der Waals surface area (Å²) in [7, 11) is 0. The van der Waals surface area contributed by atoms with Crippen LogP contribution in [0.1, 0.15) is 0 Å². The Balaban J connectivity index is 2.74. The van der Waals surface area contributed by atoms with Gasteiger partial charge in [0.15, 0.2) is 0 Å². The molecule has 0 aliphatic carbocycles. The Bertz CT molecular complexity index is 447. The lowest BCUT2D eigenvalue weighted by Crippen LogP contribution is -1.85. The molecule has 0 fully saturated rings. The van der Waals surface area contributed by atoms with Gasteiger partial charge in [0, 0.05) is 15.0 Å². The van der Waals surface area contributed by atoms with Crippen LogP contribution >= 0.6 is 34.5 Å². The van der Waals surface area contributed by atoms with Crippen LogP contribution in [0.3, 0.4) is 0 Å². The SMILES string of the molecule is ClOc1ccc2cccc(I)c2n1. The number of para-hydroxylation sites is 1. The van der Waals surface area contributed by atoms with E-state index in [-0.39, 0.29) is 0 Å². The van der Waals surface area contributed by atoms with Gasteiger partial charge in [0.05, 0.1) is 5.52 Å². The molecule has 0 aliphatic rings. The first-order valence-electron chi connectivity index (χ1n) is 3.65. The van der Waals surface area contributed by atoms with Crippen molar-refractivity contribution in [2.24, 2.45) is 0 Å². The maximum atomic E-state index is 5.21. The molecule has 0 aliphatic heterocycles. The molecule has 1 aromatic heterocycles. The van der Waals surface area contributed by atoms with Crippen LogP contribution in [0.4, 0.5) is 0 Å². The van der Waals surface area contributed by atoms with Crippen LogP contribution in [0.5, 0.6) is 5.88 Å². The molecule has 0 N–H and O–H groups in total. The largest absolute Gasteiger partial charge is 0.365 e. The molecule has 2 aromatic rings. The molecule has 2 rings (SSSR count). The third-order valence-corrected chi connectivity index (χ3v) is 2.75. The molecular weight excluding hydrogens is 300 g/mol. The summed E-state index contributed by atoms with van der Waals surface area (Å²) in [5.41, 5.74) is 0.918. The molecule has 0 saturated heterocycles. The molecule has 4 heteroatoms. The average molecular weight is 306 g/mol. The van der Waals surface area contributed by atoms with Crippen molar-refractivity contribution in [1.82, 2.24) is 4.98 Å². The van der Waals surface area contributed by atoms with Crippen LogP contribution in [-0.2, 0) is 0 Å². The molecule has 0 bridgehead atoms. The Morgan fingerprint density at radius 2 is 2.08 bits per heavy atom. The number of halogens is 2. The number of hydrogen-bond donors (Lipinski definition) is 0. The van der Waals surface area contributed by atoms with Crippen LogP contribution < -0.4 is 4.29 Å². The lowest BCUT2D eigenvalue weighted by Gasteiger charge is -2.00. The van der Waals surface area contributed by atoms with Gasteiger partial charge in [-0.3, -0.25) is 0 Å². The third-order valence-electron chi connectivity index (χ3n) is 1.72. The Hall–Kier alpha value is -0.550. The minimum absolute atomic E-state index is 0.429. The van der Waals surface area contributed by atoms with Gasteiger partial charge in [0.25, 0.3) is 0 Å². The van der Waals surface area contributed by atoms with Gasteiger partial charge < -0.3 is 4.29 Å². The van der Waals surface area contributed by atoms with Crippen LogP contribution in [0.2, 0.25) is 0 Å². The molecule has 0 atom stereocenters. The fourth-order valence-electron chi connectivity index (χ4n) is 1.14. The van der Waals surface area contributed by atoms with Crippen molar-refractivity contribution in [2.45, 2.75) is 0 Å². The van der Waals surface area contributed by atoms with Crippen molar-refractivity contribution in [1.29, 1.82) is 0 Å². The predicted octanol–water partition coefficient (Wildman–Crippen LogP) is 3.37. The highest BCUT2D eigenvalue weighted by Gasteiger charge is 2.01. The van der Waals surface area contributed by atoms with E-state index in [1.165, 1.54) is 0 Å². The van der Waals surface area contributed by atoms with Gasteiger partial charge in [-0.2, -0.15) is 0 Å². The first-order chi connectivity index (χ1) is 6.31. The van der Waals surface area contributed by atoms with E-state index in [0.717, 1.165) is 14.5 Å². The van der Waals surface area contributed by atoms with Gasteiger partial charge >= 0.3 is 0 Å². The van der Waals surface area contributed by atoms with E-state index in [1.54, 1.807) is 6.07 Å². The van der Waals surface area contributed by atoms with Crippen LogP contribution in [0.15, 0.2) is 30.3 Å². The molecule has 1 aromatic carbocycles. The Morgan fingerprint density at radius 3 is 2.85 bits per heavy atom. The quantitative estimate of drug-likeness (QED) is 0.754. The third kappa shape index (κ3) is 1.71. The van der Waals surface area contributed by atoms with Crippen molar-refractivity contribution in [3.8, 4) is 5.88 Å². The number of fused-ring (bicyclic) bond motifs is 1. The second-order valence-corrected chi connectivity index (χ2v) is 3.85. The molecule has 0 spiro atoms. The van der Waals surface area contributed by atoms with E-state index in [9.17, 15) is 0 Å². The monoisotopic (exact) mass is 305 g/mol. The fraction of sp³-hybridized carbons (Fsp3) is 0. The number of nitrogens with zero attached hydrogens (tertiary/aromatic N) is 1. The first-order valence-corrected chi connectivity index (χ1v) is 5.04. The summed E-state index contributed by atoms with van der Waals surface area (Å²) in [6, 6.07) is 9.66. The topological polar surface area (TPSA) is 22.1 Å². The first kappa shape index (κ1) is 9.02. The lowest BCUT2D eigenvalue weighted by molar-refractivity contribution is 0.594. The molecule has 0 amide bonds. The van der Waals surface area contributed by atoms with E-state index < -0.39 is 0 Å². The number of rotatable bonds is 1. The van der Waals surface area contributed by atoms with E-state index >= 15 is 0 Å². The summed E-state index contributed by atoms with van der Waals surface area (Å²) in [6.07, 6.45) is 0. The fourth-order valence-corrected chi connectivity index (χ4v) is 1.86. The average Bonchev–Trinajstić information content (AvgIpc) is 2.18. The Morgan fingerprint density at radius 1 is 1.23 bits per heavy atom. The number of pyridine rings is 1. The minimum atomic E-state index is 0.429. The van der Waals surface area contributed by atoms with Crippen LogP contribution in [-0.4, -0.2) is 4.98 Å². The zero-order chi connectivity index (χ0) is 9.26. The summed E-state index contributed by atoms with van der Waals surface area (Å²) < 4.78 is 5.62. The molecule has 0 radical (unpaired) electrons. The second kappa shape index (κ2) is 3.67. The zero-order valence-electron chi connectivity index (χ0n) is 6.50. The van der Waals surface area contributed by atoms with E-state index in [4.69, 9.17) is 11.9 Å². The molecular formula is C9H5ClINO. The second-order valence-electron chi connectivity index (χ2n) is 2.54. The normalized spacial score (nSPS) is 10.3. The number of hydrogen-bond acceptors (Lipinski definition) is 2. The number of aromatic nitrogens is 1. The van der Waals surface area contributed by atoms with Crippen molar-refractivity contribution >= 4 is 45.4 Å². The van der Waals surface area contributed by atoms with E-state index in [1.807, 2.05) is 24.3 Å². The maximum Gasteiger partial charge on any atom is 0.237 e. The molecule has 2 nitrogen and oxygen atoms in total. The zero-order valence-corrected chi connectivity index (χ0v) is 9.41. The molecule has 13 heavy (non-hydrogen) atoms. The van der Waals surface area contributed by atoms with E-state index in [2.05, 4.69) is 31.9 Å². The summed E-state index contributed by atoms with van der Waals surface area (Å²) >= 11 is 7.44. The van der Waals surface area contributed by atoms with Gasteiger partial charge in [-0.15, -0.1) is 0 Å². The van der Waals surface area contributed by atoms with E-state index in [0.29, 0.717) is 5.88 Å². The van der Waals surface area contributed by atoms with Crippen LogP contribution in [0.25, 0.3) is 10.9 Å². The van der Waals surface area contributed by atoms with Crippen molar-refractivity contribution in [3.63, 3.8) is 0 Å². The minimum Gasteiger partial charge on any atom is -0.365 e. The highest BCUT2D eigenvalue weighted by atomic mass is 127. The molecule has 0 unspecified atom stereocenters. The van der Waals surface area contributed by atoms with Gasteiger partial charge in [-0.25, -0.2) is 4.98 Å². The Labute approximate surface area is 94.2 Å².